The number of methoxy groups -OCH3 is 1. The van der Waals surface area contributed by atoms with Crippen molar-refractivity contribution in [1.82, 2.24) is 9.71 Å². The molecule has 1 aliphatic heterocycles. The van der Waals surface area contributed by atoms with Crippen molar-refractivity contribution in [3.63, 3.8) is 0 Å². The average Bonchev–Trinajstić information content (AvgIpc) is 2.89. The number of anilines is 1. The molecule has 34 heavy (non-hydrogen) atoms. The Morgan fingerprint density at radius 2 is 1.71 bits per heavy atom. The summed E-state index contributed by atoms with van der Waals surface area (Å²) in [5.41, 5.74) is 1.54. The number of carbonyl (C=O) groups is 1. The Bertz CT molecular complexity index is 1260. The lowest BCUT2D eigenvalue weighted by atomic mass is 9.73. The van der Waals surface area contributed by atoms with Crippen molar-refractivity contribution >= 4 is 21.7 Å². The molecular formula is C25H31N3O5S. The minimum absolute atomic E-state index is 0. The van der Waals surface area contributed by atoms with Crippen LogP contribution in [0.25, 0.3) is 11.3 Å². The number of nitrogens with one attached hydrogen (secondary N) is 2. The van der Waals surface area contributed by atoms with Crippen LogP contribution in [0, 0.1) is 0 Å². The van der Waals surface area contributed by atoms with E-state index in [1.807, 2.05) is 30.3 Å². The summed E-state index contributed by atoms with van der Waals surface area (Å²) in [4.78, 5) is 18.3. The van der Waals surface area contributed by atoms with Gasteiger partial charge in [0.2, 0.25) is 15.9 Å². The number of amides is 1. The summed E-state index contributed by atoms with van der Waals surface area (Å²) >= 11 is 0. The minimum atomic E-state index is -3.52. The normalized spacial score (nSPS) is 15.5. The first-order chi connectivity index (χ1) is 16.4. The molecule has 0 saturated carbocycles. The van der Waals surface area contributed by atoms with Gasteiger partial charge >= 0.3 is 0 Å². The fourth-order valence-corrected chi connectivity index (χ4v) is 4.83. The zero-order chi connectivity index (χ0) is 24.2. The molecule has 2 heterocycles. The van der Waals surface area contributed by atoms with Crippen LogP contribution in [-0.2, 0) is 25.0 Å². The first-order valence-electron chi connectivity index (χ1n) is 10.9. The van der Waals surface area contributed by atoms with Gasteiger partial charge in [0.15, 0.2) is 0 Å². The van der Waals surface area contributed by atoms with Crippen molar-refractivity contribution in [3.05, 3.63) is 72.3 Å². The van der Waals surface area contributed by atoms with E-state index in [2.05, 4.69) is 15.0 Å². The van der Waals surface area contributed by atoms with Crippen LogP contribution in [0.5, 0.6) is 5.75 Å². The molecule has 1 aromatic heterocycles. The third-order valence-corrected chi connectivity index (χ3v) is 7.57. The summed E-state index contributed by atoms with van der Waals surface area (Å²) in [7, 11) is -0.539. The molecule has 9 heteroatoms. The minimum Gasteiger partial charge on any atom is -0.497 e. The number of benzene rings is 2. The van der Waals surface area contributed by atoms with E-state index in [-0.39, 0.29) is 13.7 Å². The van der Waals surface area contributed by atoms with Crippen LogP contribution in [0.1, 0.15) is 21.3 Å². The van der Waals surface area contributed by atoms with Gasteiger partial charge in [-0.2, -0.15) is 0 Å². The Labute approximate surface area is 202 Å². The molecule has 0 atom stereocenters. The average molecular weight is 486 g/mol. The van der Waals surface area contributed by atoms with Crippen LogP contribution in [-0.4, -0.2) is 46.7 Å². The van der Waals surface area contributed by atoms with Gasteiger partial charge in [-0.3, -0.25) is 4.79 Å². The molecule has 0 spiro atoms. The van der Waals surface area contributed by atoms with Crippen molar-refractivity contribution in [2.24, 2.45) is 0 Å². The van der Waals surface area contributed by atoms with Crippen molar-refractivity contribution in [1.29, 1.82) is 0 Å². The van der Waals surface area contributed by atoms with Crippen LogP contribution < -0.4 is 14.8 Å². The molecule has 0 aliphatic carbocycles. The first kappa shape index (κ1) is 23.9. The number of aromatic nitrogens is 1. The number of sulfonamides is 1. The monoisotopic (exact) mass is 485 g/mol. The van der Waals surface area contributed by atoms with Crippen LogP contribution >= 0.6 is 0 Å². The molecule has 1 aliphatic rings. The van der Waals surface area contributed by atoms with Gasteiger partial charge in [0.1, 0.15) is 11.6 Å². The summed E-state index contributed by atoms with van der Waals surface area (Å²) in [6.07, 6.45) is 1.12. The maximum atomic E-state index is 13.6. The summed E-state index contributed by atoms with van der Waals surface area (Å²) < 4.78 is 37.0. The largest absolute Gasteiger partial charge is 0.497 e. The van der Waals surface area contributed by atoms with Crippen molar-refractivity contribution < 1.29 is 25.5 Å². The summed E-state index contributed by atoms with van der Waals surface area (Å²) in [6, 6.07) is 19.3. The predicted molar refractivity (Wildman–Crippen MR) is 134 cm³/mol. The Morgan fingerprint density at radius 1 is 1.03 bits per heavy atom. The number of hydrogen-bond donors (Lipinski definition) is 2. The van der Waals surface area contributed by atoms with Gasteiger partial charge in [0.05, 0.1) is 23.1 Å². The van der Waals surface area contributed by atoms with E-state index >= 15 is 0 Å². The van der Waals surface area contributed by atoms with Gasteiger partial charge in [0.25, 0.3) is 0 Å². The molecule has 3 aromatic rings. The molecule has 4 rings (SSSR count). The molecule has 1 saturated heterocycles. The maximum absolute atomic E-state index is 13.6. The van der Waals surface area contributed by atoms with E-state index in [0.717, 1.165) is 16.9 Å². The fourth-order valence-electron chi connectivity index (χ4n) is 4.10. The van der Waals surface area contributed by atoms with Crippen LogP contribution in [0.2, 0.25) is 0 Å². The molecule has 1 amide bonds. The van der Waals surface area contributed by atoms with Gasteiger partial charge in [0, 0.05) is 21.6 Å². The van der Waals surface area contributed by atoms with Gasteiger partial charge in [-0.05, 0) is 61.9 Å². The second kappa shape index (κ2) is 9.92. The number of rotatable bonds is 7. The topological polar surface area (TPSA) is 107 Å². The highest BCUT2D eigenvalue weighted by molar-refractivity contribution is 7.89. The Hall–Kier alpha value is -3.27. The fraction of sp³-hybridized carbons (Fsp3) is 0.280. The number of carbonyl (C=O) groups excluding carboxylic acids is 1. The lowest BCUT2D eigenvalue weighted by molar-refractivity contribution is -0.125. The van der Waals surface area contributed by atoms with E-state index < -0.39 is 15.4 Å². The second-order valence-electron chi connectivity index (χ2n) is 8.02. The molecular weight excluding hydrogens is 454 g/mol. The molecule has 8 nitrogen and oxygen atoms in total. The Balaban J connectivity index is 0.00000228. The summed E-state index contributed by atoms with van der Waals surface area (Å²) in [6.45, 7) is 0.990. The SMILES string of the molecule is CNS(=O)(=O)c1ccc(-c2cccc(NC(=O)C3(c4ccc(OC)cc4)CCOCC3)n2)cc1.[HH].[HH]. The number of pyridine rings is 1. The van der Waals surface area contributed by atoms with Crippen LogP contribution in [0.15, 0.2) is 71.6 Å². The van der Waals surface area contributed by atoms with E-state index in [0.29, 0.717) is 37.6 Å². The van der Waals surface area contributed by atoms with Crippen molar-refractivity contribution in [3.8, 4) is 17.0 Å². The highest BCUT2D eigenvalue weighted by Crippen LogP contribution is 2.37. The third kappa shape index (κ3) is 4.82. The van der Waals surface area contributed by atoms with Gasteiger partial charge < -0.3 is 14.8 Å². The quantitative estimate of drug-likeness (QED) is 0.527. The molecule has 1 fully saturated rings. The molecule has 0 unspecified atom stereocenters. The molecule has 2 aromatic carbocycles. The van der Waals surface area contributed by atoms with E-state index in [9.17, 15) is 13.2 Å². The highest BCUT2D eigenvalue weighted by atomic mass is 32.2. The second-order valence-corrected chi connectivity index (χ2v) is 9.90. The first-order valence-corrected chi connectivity index (χ1v) is 12.4. The van der Waals surface area contributed by atoms with Crippen LogP contribution in [0.3, 0.4) is 0 Å². The van der Waals surface area contributed by atoms with E-state index in [1.54, 1.807) is 31.4 Å². The third-order valence-electron chi connectivity index (χ3n) is 6.14. The Kier molecular flexibility index (Phi) is 6.97. The lowest BCUT2D eigenvalue weighted by Gasteiger charge is -2.36. The lowest BCUT2D eigenvalue weighted by Crippen LogP contribution is -2.45. The maximum Gasteiger partial charge on any atom is 0.240 e. The molecule has 2 N–H and O–H groups in total. The van der Waals surface area contributed by atoms with Crippen molar-refractivity contribution in [2.45, 2.75) is 23.2 Å². The van der Waals surface area contributed by atoms with Gasteiger partial charge in [-0.15, -0.1) is 0 Å². The standard InChI is InChI=1S/C25H27N3O5S.2H2/c1-26-34(30,31)21-12-6-18(7-13-21)22-4-3-5-23(27-22)28-24(29)25(14-16-33-17-15-25)19-8-10-20(32-2)11-9-19;;/h3-13,26H,14-17H2,1-2H3,(H,27,28,29);2*1H. The number of nitrogens with zero attached hydrogens (tertiary/aromatic N) is 1. The van der Waals surface area contributed by atoms with E-state index in [4.69, 9.17) is 9.47 Å². The molecule has 182 valence electrons. The van der Waals surface area contributed by atoms with E-state index in [1.165, 1.54) is 19.2 Å². The van der Waals surface area contributed by atoms with Gasteiger partial charge in [-0.25, -0.2) is 18.1 Å². The van der Waals surface area contributed by atoms with Crippen LogP contribution in [0.4, 0.5) is 5.82 Å². The predicted octanol–water partition coefficient (Wildman–Crippen LogP) is 3.84. The number of ether oxygens (including phenoxy) is 2. The number of hydrogen-bond acceptors (Lipinski definition) is 6. The zero-order valence-corrected chi connectivity index (χ0v) is 19.9. The highest BCUT2D eigenvalue weighted by Gasteiger charge is 2.42. The summed E-state index contributed by atoms with van der Waals surface area (Å²) in [5, 5.41) is 2.99. The van der Waals surface area contributed by atoms with Crippen molar-refractivity contribution in [2.75, 3.05) is 32.7 Å². The zero-order valence-electron chi connectivity index (χ0n) is 19.1. The summed E-state index contributed by atoms with van der Waals surface area (Å²) in [5.74, 6) is 1.02. The molecule has 0 bridgehead atoms. The smallest absolute Gasteiger partial charge is 0.240 e. The Morgan fingerprint density at radius 3 is 2.32 bits per heavy atom. The molecule has 0 radical (unpaired) electrons. The van der Waals surface area contributed by atoms with Gasteiger partial charge in [-0.1, -0.05) is 30.3 Å².